The second-order valence-electron chi connectivity index (χ2n) is 6.29. The number of anilines is 2. The van der Waals surface area contributed by atoms with Crippen molar-refractivity contribution in [3.8, 4) is 0 Å². The molecule has 2 aliphatic rings. The van der Waals surface area contributed by atoms with E-state index in [-0.39, 0.29) is 5.91 Å². The number of carbonyl (C=O) groups excluding carboxylic acids is 1. The second-order valence-corrected chi connectivity index (χ2v) is 6.70. The Balaban J connectivity index is 1.44. The summed E-state index contributed by atoms with van der Waals surface area (Å²) >= 11 is 6.15. The lowest BCUT2D eigenvalue weighted by Gasteiger charge is -2.37. The van der Waals surface area contributed by atoms with Crippen molar-refractivity contribution in [2.24, 2.45) is 0 Å². The van der Waals surface area contributed by atoms with Crippen molar-refractivity contribution in [1.82, 2.24) is 14.9 Å². The summed E-state index contributed by atoms with van der Waals surface area (Å²) in [4.78, 5) is 22.8. The third-order valence-electron chi connectivity index (χ3n) is 4.65. The lowest BCUT2D eigenvalue weighted by atomic mass is 10.0. The third kappa shape index (κ3) is 3.51. The van der Waals surface area contributed by atoms with Crippen molar-refractivity contribution in [1.29, 1.82) is 0 Å². The Bertz CT molecular complexity index is 801. The lowest BCUT2D eigenvalue weighted by molar-refractivity contribution is -0.181. The third-order valence-corrected chi connectivity index (χ3v) is 4.98. The summed E-state index contributed by atoms with van der Waals surface area (Å²) in [6.07, 6.45) is 2.73. The Labute approximate surface area is 156 Å². The Hall–Kier alpha value is -2.22. The molecule has 1 aromatic heterocycles. The van der Waals surface area contributed by atoms with E-state index in [0.29, 0.717) is 55.7 Å². The van der Waals surface area contributed by atoms with E-state index in [2.05, 4.69) is 15.3 Å². The fraction of sp³-hybridized carbons (Fsp3) is 0.389. The van der Waals surface area contributed by atoms with Crippen LogP contribution in [0.25, 0.3) is 0 Å². The molecule has 0 bridgehead atoms. The first-order valence-electron chi connectivity index (χ1n) is 8.56. The molecule has 2 saturated heterocycles. The van der Waals surface area contributed by atoms with Gasteiger partial charge >= 0.3 is 0 Å². The van der Waals surface area contributed by atoms with Gasteiger partial charge in [0.2, 0.25) is 0 Å². The van der Waals surface area contributed by atoms with Crippen molar-refractivity contribution >= 4 is 29.0 Å². The number of hydrogen-bond donors (Lipinski definition) is 1. The summed E-state index contributed by atoms with van der Waals surface area (Å²) < 4.78 is 11.4. The minimum atomic E-state index is -0.501. The van der Waals surface area contributed by atoms with Crippen molar-refractivity contribution < 1.29 is 14.3 Å². The van der Waals surface area contributed by atoms with Crippen LogP contribution < -0.4 is 5.32 Å². The molecular formula is C18H19ClN4O3. The summed E-state index contributed by atoms with van der Waals surface area (Å²) in [5.74, 6) is -0.103. The Morgan fingerprint density at radius 1 is 1.15 bits per heavy atom. The van der Waals surface area contributed by atoms with E-state index >= 15 is 0 Å². The van der Waals surface area contributed by atoms with E-state index in [9.17, 15) is 4.79 Å². The van der Waals surface area contributed by atoms with E-state index in [1.165, 1.54) is 6.33 Å². The number of hydrogen-bond acceptors (Lipinski definition) is 6. The van der Waals surface area contributed by atoms with Gasteiger partial charge in [0.25, 0.3) is 5.91 Å². The van der Waals surface area contributed by atoms with Crippen LogP contribution in [-0.2, 0) is 9.47 Å². The number of benzene rings is 1. The van der Waals surface area contributed by atoms with E-state index in [1.54, 1.807) is 17.0 Å². The summed E-state index contributed by atoms with van der Waals surface area (Å²) in [5, 5.41) is 3.70. The average Bonchev–Trinajstić information content (AvgIpc) is 3.12. The highest BCUT2D eigenvalue weighted by atomic mass is 35.5. The van der Waals surface area contributed by atoms with Crippen molar-refractivity contribution in [2.75, 3.05) is 31.6 Å². The van der Waals surface area contributed by atoms with Crippen LogP contribution in [-0.4, -0.2) is 52.9 Å². The minimum Gasteiger partial charge on any atom is -0.347 e. The predicted molar refractivity (Wildman–Crippen MR) is 96.5 cm³/mol. The number of likely N-dealkylation sites (tertiary alicyclic amines) is 1. The van der Waals surface area contributed by atoms with Gasteiger partial charge in [-0.15, -0.1) is 0 Å². The van der Waals surface area contributed by atoms with Crippen LogP contribution in [0.1, 0.15) is 23.3 Å². The highest BCUT2D eigenvalue weighted by Crippen LogP contribution is 2.31. The molecule has 2 fully saturated rings. The predicted octanol–water partition coefficient (Wildman–Crippen LogP) is 2.85. The van der Waals surface area contributed by atoms with Gasteiger partial charge in [0, 0.05) is 32.0 Å². The van der Waals surface area contributed by atoms with Crippen molar-refractivity contribution in [2.45, 2.75) is 18.6 Å². The maximum absolute atomic E-state index is 12.8. The normalized spacial score (nSPS) is 18.9. The largest absolute Gasteiger partial charge is 0.347 e. The van der Waals surface area contributed by atoms with Gasteiger partial charge in [-0.3, -0.25) is 4.79 Å². The molecule has 1 N–H and O–H groups in total. The molecule has 3 heterocycles. The Morgan fingerprint density at radius 2 is 1.88 bits per heavy atom. The van der Waals surface area contributed by atoms with Crippen LogP contribution in [0.4, 0.5) is 11.5 Å². The lowest BCUT2D eigenvalue weighted by Crippen LogP contribution is -2.47. The van der Waals surface area contributed by atoms with Gasteiger partial charge in [-0.05, 0) is 12.1 Å². The zero-order chi connectivity index (χ0) is 18.0. The number of ether oxygens (including phenoxy) is 2. The van der Waals surface area contributed by atoms with Gasteiger partial charge in [0.1, 0.15) is 17.8 Å². The molecule has 0 saturated carbocycles. The Morgan fingerprint density at radius 3 is 2.62 bits per heavy atom. The van der Waals surface area contributed by atoms with Gasteiger partial charge in [0.15, 0.2) is 5.79 Å². The fourth-order valence-corrected chi connectivity index (χ4v) is 3.42. The zero-order valence-corrected chi connectivity index (χ0v) is 14.9. The molecule has 7 nitrogen and oxygen atoms in total. The summed E-state index contributed by atoms with van der Waals surface area (Å²) in [6, 6.07) is 8.99. The molecule has 1 amide bonds. The second kappa shape index (κ2) is 7.19. The highest BCUT2D eigenvalue weighted by Gasteiger charge is 2.41. The molecule has 0 atom stereocenters. The van der Waals surface area contributed by atoms with Gasteiger partial charge in [-0.25, -0.2) is 9.97 Å². The SMILES string of the molecule is O=C(c1cc(Nc2ccccc2Cl)ncn1)N1CCC2(CC1)OCCO2. The molecule has 26 heavy (non-hydrogen) atoms. The molecule has 2 aromatic rings. The smallest absolute Gasteiger partial charge is 0.272 e. The Kier molecular flexibility index (Phi) is 4.76. The number of para-hydroxylation sites is 1. The summed E-state index contributed by atoms with van der Waals surface area (Å²) in [6.45, 7) is 2.40. The fourth-order valence-electron chi connectivity index (χ4n) is 3.24. The molecule has 2 aliphatic heterocycles. The molecule has 1 aromatic carbocycles. The highest BCUT2D eigenvalue weighted by molar-refractivity contribution is 6.33. The van der Waals surface area contributed by atoms with Gasteiger partial charge in [-0.1, -0.05) is 23.7 Å². The number of aromatic nitrogens is 2. The van der Waals surface area contributed by atoms with Crippen molar-refractivity contribution in [3.05, 3.63) is 47.4 Å². The number of piperidine rings is 1. The van der Waals surface area contributed by atoms with E-state index in [0.717, 1.165) is 5.69 Å². The molecule has 4 rings (SSSR count). The van der Waals surface area contributed by atoms with Crippen LogP contribution in [0.3, 0.4) is 0 Å². The van der Waals surface area contributed by atoms with Gasteiger partial charge < -0.3 is 19.7 Å². The molecule has 136 valence electrons. The molecule has 0 radical (unpaired) electrons. The van der Waals surface area contributed by atoms with Gasteiger partial charge in [0.05, 0.1) is 23.9 Å². The van der Waals surface area contributed by atoms with Crippen LogP contribution in [0.2, 0.25) is 5.02 Å². The number of halogens is 1. The maximum Gasteiger partial charge on any atom is 0.272 e. The van der Waals surface area contributed by atoms with Crippen LogP contribution >= 0.6 is 11.6 Å². The zero-order valence-electron chi connectivity index (χ0n) is 14.2. The van der Waals surface area contributed by atoms with Gasteiger partial charge in [-0.2, -0.15) is 0 Å². The molecule has 1 spiro atoms. The number of carbonyl (C=O) groups is 1. The first-order valence-corrected chi connectivity index (χ1v) is 8.94. The number of amides is 1. The van der Waals surface area contributed by atoms with Crippen molar-refractivity contribution in [3.63, 3.8) is 0 Å². The summed E-state index contributed by atoms with van der Waals surface area (Å²) in [5.41, 5.74) is 1.07. The first kappa shape index (κ1) is 17.2. The number of rotatable bonds is 3. The first-order chi connectivity index (χ1) is 12.7. The monoisotopic (exact) mass is 374 g/mol. The maximum atomic E-state index is 12.8. The molecule has 0 unspecified atom stereocenters. The van der Waals surface area contributed by atoms with E-state index in [4.69, 9.17) is 21.1 Å². The molecular weight excluding hydrogens is 356 g/mol. The topological polar surface area (TPSA) is 76.6 Å². The molecule has 0 aliphatic carbocycles. The number of nitrogens with one attached hydrogen (secondary N) is 1. The van der Waals surface area contributed by atoms with Crippen LogP contribution in [0.15, 0.2) is 36.7 Å². The molecule has 8 heteroatoms. The van der Waals surface area contributed by atoms with E-state index < -0.39 is 5.79 Å². The number of nitrogens with zero attached hydrogens (tertiary/aromatic N) is 3. The van der Waals surface area contributed by atoms with Crippen LogP contribution in [0, 0.1) is 0 Å². The van der Waals surface area contributed by atoms with E-state index in [1.807, 2.05) is 18.2 Å². The standard InChI is InChI=1S/C18H19ClN4O3/c19-13-3-1-2-4-14(13)22-16-11-15(20-12-21-16)17(24)23-7-5-18(6-8-23)25-9-10-26-18/h1-4,11-12H,5-10H2,(H,20,21,22). The minimum absolute atomic E-state index is 0.123. The average molecular weight is 375 g/mol. The quantitative estimate of drug-likeness (QED) is 0.890. The van der Waals surface area contributed by atoms with Crippen LogP contribution in [0.5, 0.6) is 0 Å². The summed E-state index contributed by atoms with van der Waals surface area (Å²) in [7, 11) is 0.